The Bertz CT molecular complexity index is 769. The maximum atomic E-state index is 12.9. The van der Waals surface area contributed by atoms with Crippen LogP contribution in [-0.2, 0) is 25.3 Å². The average Bonchev–Trinajstić information content (AvgIpc) is 3.32. The van der Waals surface area contributed by atoms with E-state index in [0.29, 0.717) is 19.4 Å². The monoisotopic (exact) mass is 457 g/mol. The van der Waals surface area contributed by atoms with Crippen LogP contribution in [0.3, 0.4) is 0 Å². The SMILES string of the molecule is COC(=O)[C@@H]1CC2(CN1C(=O)CP(=O)(O)CCCCc1ccccc1)SCCS2. The van der Waals surface area contributed by atoms with Gasteiger partial charge >= 0.3 is 5.97 Å². The third kappa shape index (κ3) is 6.03. The van der Waals surface area contributed by atoms with Crippen LogP contribution in [0, 0.1) is 0 Å². The molecule has 0 bridgehead atoms. The van der Waals surface area contributed by atoms with Crippen LogP contribution in [0.1, 0.15) is 24.8 Å². The molecule has 2 atom stereocenters. The van der Waals surface area contributed by atoms with E-state index < -0.39 is 31.4 Å². The predicted octanol–water partition coefficient (Wildman–Crippen LogP) is 3.23. The van der Waals surface area contributed by atoms with Gasteiger partial charge in [0.2, 0.25) is 13.3 Å². The van der Waals surface area contributed by atoms with E-state index in [2.05, 4.69) is 0 Å². The van der Waals surface area contributed by atoms with Crippen LogP contribution in [0.4, 0.5) is 0 Å². The van der Waals surface area contributed by atoms with Crippen molar-refractivity contribution in [2.75, 3.05) is 37.5 Å². The number of carbonyl (C=O) groups excluding carboxylic acids is 2. The van der Waals surface area contributed by atoms with Gasteiger partial charge in [-0.1, -0.05) is 30.3 Å². The smallest absolute Gasteiger partial charge is 0.328 e. The molecule has 3 rings (SSSR count). The first-order valence-electron chi connectivity index (χ1n) is 9.84. The Morgan fingerprint density at radius 3 is 2.59 bits per heavy atom. The van der Waals surface area contributed by atoms with Crippen LogP contribution in [-0.4, -0.2) is 69.3 Å². The number of hydrogen-bond acceptors (Lipinski definition) is 6. The van der Waals surface area contributed by atoms with Crippen molar-refractivity contribution in [3.63, 3.8) is 0 Å². The summed E-state index contributed by atoms with van der Waals surface area (Å²) in [6, 6.07) is 9.33. The molecule has 1 N–H and O–H groups in total. The molecule has 0 radical (unpaired) electrons. The lowest BCUT2D eigenvalue weighted by Gasteiger charge is -2.24. The van der Waals surface area contributed by atoms with Crippen molar-refractivity contribution in [2.24, 2.45) is 0 Å². The summed E-state index contributed by atoms with van der Waals surface area (Å²) >= 11 is 3.54. The molecule has 1 aromatic carbocycles. The number of ether oxygens (including phenoxy) is 1. The van der Waals surface area contributed by atoms with Gasteiger partial charge in [0.05, 0.1) is 11.2 Å². The second-order valence-corrected chi connectivity index (χ2v) is 13.2. The number of nitrogens with zero attached hydrogens (tertiary/aromatic N) is 1. The third-order valence-electron chi connectivity index (χ3n) is 5.35. The Kier molecular flexibility index (Phi) is 7.76. The molecule has 0 aromatic heterocycles. The molecule has 0 aliphatic carbocycles. The molecular formula is C20H28NO5PS2. The Morgan fingerprint density at radius 1 is 1.24 bits per heavy atom. The fourth-order valence-electron chi connectivity index (χ4n) is 3.87. The van der Waals surface area contributed by atoms with E-state index in [1.165, 1.54) is 17.6 Å². The number of unbranched alkanes of at least 4 members (excludes halogenated alkanes) is 1. The van der Waals surface area contributed by atoms with Crippen LogP contribution < -0.4 is 0 Å². The Morgan fingerprint density at radius 2 is 1.93 bits per heavy atom. The molecule has 2 fully saturated rings. The number of benzene rings is 1. The number of carbonyl (C=O) groups is 2. The molecule has 29 heavy (non-hydrogen) atoms. The van der Waals surface area contributed by atoms with Gasteiger partial charge in [-0.3, -0.25) is 9.36 Å². The van der Waals surface area contributed by atoms with Crippen molar-refractivity contribution < 1.29 is 23.8 Å². The van der Waals surface area contributed by atoms with Crippen molar-refractivity contribution in [3.8, 4) is 0 Å². The first-order valence-corrected chi connectivity index (χ1v) is 13.8. The lowest BCUT2D eigenvalue weighted by molar-refractivity contribution is -0.150. The summed E-state index contributed by atoms with van der Waals surface area (Å²) in [5, 5.41) is 0. The summed E-state index contributed by atoms with van der Waals surface area (Å²) in [6.45, 7) is 0.426. The van der Waals surface area contributed by atoms with Crippen LogP contribution in [0.5, 0.6) is 0 Å². The molecule has 2 saturated heterocycles. The Hall–Kier alpha value is -0.950. The second kappa shape index (κ2) is 9.90. The van der Waals surface area contributed by atoms with Gasteiger partial charge in [0.15, 0.2) is 0 Å². The molecule has 0 saturated carbocycles. The molecule has 6 nitrogen and oxygen atoms in total. The molecule has 1 amide bonds. The summed E-state index contributed by atoms with van der Waals surface area (Å²) in [7, 11) is -2.27. The summed E-state index contributed by atoms with van der Waals surface area (Å²) < 4.78 is 17.3. The zero-order valence-corrected chi connectivity index (χ0v) is 19.1. The van der Waals surface area contributed by atoms with Crippen LogP contribution >= 0.6 is 30.9 Å². The number of hydrogen-bond donors (Lipinski definition) is 1. The van der Waals surface area contributed by atoms with Gasteiger partial charge in [0.1, 0.15) is 12.2 Å². The summed E-state index contributed by atoms with van der Waals surface area (Å²) in [5.74, 6) is 1.11. The molecule has 1 spiro atoms. The normalized spacial score (nSPS) is 22.6. The maximum Gasteiger partial charge on any atom is 0.328 e. The number of esters is 1. The van der Waals surface area contributed by atoms with Gasteiger partial charge in [-0.25, -0.2) is 4.79 Å². The molecule has 2 aliphatic heterocycles. The van der Waals surface area contributed by atoms with Gasteiger partial charge in [-0.2, -0.15) is 0 Å². The minimum atomic E-state index is -3.59. The second-order valence-electron chi connectivity index (χ2n) is 7.54. The van der Waals surface area contributed by atoms with Gasteiger partial charge in [0, 0.05) is 30.6 Å². The average molecular weight is 458 g/mol. The standard InChI is InChI=1S/C20H28NO5PS2/c1-26-19(23)17-13-20(28-11-12-29-20)15-21(17)18(22)14-27(24,25)10-6-5-9-16-7-3-2-4-8-16/h2-4,7-8,17H,5-6,9-15H2,1H3,(H,24,25)/t17-/m0/s1. The van der Waals surface area contributed by atoms with E-state index in [9.17, 15) is 19.0 Å². The van der Waals surface area contributed by atoms with Gasteiger partial charge in [-0.05, 0) is 24.8 Å². The largest absolute Gasteiger partial charge is 0.467 e. The number of methoxy groups -OCH3 is 1. The highest BCUT2D eigenvalue weighted by Crippen LogP contribution is 2.52. The lowest BCUT2D eigenvalue weighted by atomic mass is 10.1. The molecule has 160 valence electrons. The van der Waals surface area contributed by atoms with E-state index in [1.807, 2.05) is 30.3 Å². The zero-order valence-electron chi connectivity index (χ0n) is 16.6. The van der Waals surface area contributed by atoms with E-state index in [4.69, 9.17) is 4.74 Å². The summed E-state index contributed by atoms with van der Waals surface area (Å²) in [4.78, 5) is 36.9. The van der Waals surface area contributed by atoms with Crippen molar-refractivity contribution in [3.05, 3.63) is 35.9 Å². The van der Waals surface area contributed by atoms with Crippen molar-refractivity contribution in [1.82, 2.24) is 4.90 Å². The number of likely N-dealkylation sites (tertiary alicyclic amines) is 1. The number of thioether (sulfide) groups is 2. The molecule has 1 aromatic rings. The van der Waals surface area contributed by atoms with Gasteiger partial charge in [-0.15, -0.1) is 23.5 Å². The Balaban J connectivity index is 1.53. The van der Waals surface area contributed by atoms with Crippen LogP contribution in [0.25, 0.3) is 0 Å². The van der Waals surface area contributed by atoms with Crippen molar-refractivity contribution in [1.29, 1.82) is 0 Å². The number of rotatable bonds is 8. The van der Waals surface area contributed by atoms with E-state index in [1.54, 1.807) is 23.5 Å². The Labute approximate surface area is 180 Å². The molecule has 2 heterocycles. The van der Waals surface area contributed by atoms with E-state index in [0.717, 1.165) is 24.3 Å². The lowest BCUT2D eigenvalue weighted by Crippen LogP contribution is -2.42. The minimum absolute atomic E-state index is 0.122. The van der Waals surface area contributed by atoms with Gasteiger partial charge < -0.3 is 14.5 Å². The summed E-state index contributed by atoms with van der Waals surface area (Å²) in [6.07, 6.45) is 2.49. The number of aryl methyl sites for hydroxylation is 1. The highest BCUT2D eigenvalue weighted by molar-refractivity contribution is 8.21. The first-order chi connectivity index (χ1) is 13.8. The van der Waals surface area contributed by atoms with Crippen molar-refractivity contribution >= 4 is 42.8 Å². The maximum absolute atomic E-state index is 12.9. The first kappa shape index (κ1) is 22.7. The van der Waals surface area contributed by atoms with Gasteiger partial charge in [0.25, 0.3) is 0 Å². The quantitative estimate of drug-likeness (QED) is 0.365. The van der Waals surface area contributed by atoms with E-state index >= 15 is 0 Å². The molecule has 9 heteroatoms. The topological polar surface area (TPSA) is 83.9 Å². The highest BCUT2D eigenvalue weighted by atomic mass is 32.2. The molecule has 1 unspecified atom stereocenters. The number of amides is 1. The predicted molar refractivity (Wildman–Crippen MR) is 119 cm³/mol. The van der Waals surface area contributed by atoms with Crippen LogP contribution in [0.2, 0.25) is 0 Å². The zero-order chi connectivity index (χ0) is 20.9. The molecular weight excluding hydrogens is 429 g/mol. The van der Waals surface area contributed by atoms with E-state index in [-0.39, 0.29) is 10.2 Å². The fraction of sp³-hybridized carbons (Fsp3) is 0.600. The third-order valence-corrected chi connectivity index (χ3v) is 10.6. The summed E-state index contributed by atoms with van der Waals surface area (Å²) in [5.41, 5.74) is 1.20. The highest BCUT2D eigenvalue weighted by Gasteiger charge is 2.52. The van der Waals surface area contributed by atoms with Crippen molar-refractivity contribution in [2.45, 2.75) is 35.8 Å². The van der Waals surface area contributed by atoms with Crippen LogP contribution in [0.15, 0.2) is 30.3 Å². The fourth-order valence-corrected chi connectivity index (χ4v) is 8.60. The minimum Gasteiger partial charge on any atom is -0.467 e. The molecule has 2 aliphatic rings.